The van der Waals surface area contributed by atoms with Crippen molar-refractivity contribution in [3.8, 4) is 11.5 Å². The smallest absolute Gasteiger partial charge is 0.416 e. The molecule has 2 amide bonds. The van der Waals surface area contributed by atoms with Gasteiger partial charge in [0.2, 0.25) is 5.91 Å². The molecule has 2 heterocycles. The second-order valence-electron chi connectivity index (χ2n) is 7.55. The van der Waals surface area contributed by atoms with E-state index >= 15 is 0 Å². The van der Waals surface area contributed by atoms with Crippen LogP contribution in [0.2, 0.25) is 0 Å². The van der Waals surface area contributed by atoms with Crippen molar-refractivity contribution >= 4 is 23.5 Å². The van der Waals surface area contributed by atoms with Gasteiger partial charge in [-0.3, -0.25) is 14.5 Å². The molecule has 0 unspecified atom stereocenters. The minimum atomic E-state index is -4.67. The van der Waals surface area contributed by atoms with Gasteiger partial charge in [0, 0.05) is 18.5 Å². The van der Waals surface area contributed by atoms with Crippen LogP contribution in [0.1, 0.15) is 34.8 Å². The Labute approximate surface area is 192 Å². The Morgan fingerprint density at radius 3 is 2.65 bits per heavy atom. The van der Waals surface area contributed by atoms with Gasteiger partial charge in [-0.15, -0.1) is 0 Å². The number of hydrogen-bond donors (Lipinski definition) is 1. The summed E-state index contributed by atoms with van der Waals surface area (Å²) in [4.78, 5) is 30.6. The number of carbonyl (C=O) groups excluding carboxylic acids is 2. The Balaban J connectivity index is 1.57. The normalized spacial score (nSPS) is 13.4. The lowest BCUT2D eigenvalue weighted by Crippen LogP contribution is -2.38. The van der Waals surface area contributed by atoms with Crippen LogP contribution in [0.15, 0.2) is 54.6 Å². The third-order valence-electron chi connectivity index (χ3n) is 5.25. The maximum Gasteiger partial charge on any atom is 0.416 e. The molecule has 2 aromatic carbocycles. The van der Waals surface area contributed by atoms with Gasteiger partial charge in [-0.25, -0.2) is 9.37 Å². The van der Waals surface area contributed by atoms with Gasteiger partial charge in [0.05, 0.1) is 5.56 Å². The molecule has 0 fully saturated rings. The van der Waals surface area contributed by atoms with E-state index in [2.05, 4.69) is 10.3 Å². The quantitative estimate of drug-likeness (QED) is 0.491. The molecule has 3 aromatic rings. The standard InChI is InChI=1S/C24H19F4N3O3/c1-2-22(32)30-20-4-3-5-21(29-20)31-11-10-14-6-8-16(13-17(14)23(31)33)34-19-9-7-15(12-18(19)25)24(26,27)28/h3-9,12-13H,2,10-11H2,1H3,(H,29,30,32). The highest BCUT2D eigenvalue weighted by atomic mass is 19.4. The van der Waals surface area contributed by atoms with Gasteiger partial charge in [0.15, 0.2) is 11.6 Å². The number of hydrogen-bond acceptors (Lipinski definition) is 4. The highest BCUT2D eigenvalue weighted by Gasteiger charge is 2.31. The molecule has 1 aromatic heterocycles. The molecular formula is C24H19F4N3O3. The molecule has 0 aliphatic carbocycles. The monoisotopic (exact) mass is 473 g/mol. The Bertz CT molecular complexity index is 1260. The summed E-state index contributed by atoms with van der Waals surface area (Å²) < 4.78 is 57.9. The molecular weight excluding hydrogens is 454 g/mol. The van der Waals surface area contributed by atoms with Crippen molar-refractivity contribution < 1.29 is 31.9 Å². The summed E-state index contributed by atoms with van der Waals surface area (Å²) in [6, 6.07) is 11.5. The van der Waals surface area contributed by atoms with Crippen molar-refractivity contribution in [2.24, 2.45) is 0 Å². The summed E-state index contributed by atoms with van der Waals surface area (Å²) in [5.41, 5.74) is -0.0729. The molecule has 1 aliphatic rings. The molecule has 1 N–H and O–H groups in total. The Morgan fingerprint density at radius 2 is 1.94 bits per heavy atom. The average Bonchev–Trinajstić information content (AvgIpc) is 2.80. The number of nitrogens with zero attached hydrogens (tertiary/aromatic N) is 2. The molecule has 0 saturated carbocycles. The molecule has 4 rings (SSSR count). The van der Waals surface area contributed by atoms with Gasteiger partial charge in [-0.05, 0) is 54.4 Å². The molecule has 0 saturated heterocycles. The van der Waals surface area contributed by atoms with E-state index in [1.807, 2.05) is 0 Å². The summed E-state index contributed by atoms with van der Waals surface area (Å²) >= 11 is 0. The maximum absolute atomic E-state index is 14.2. The Hall–Kier alpha value is -3.95. The third kappa shape index (κ3) is 4.85. The SMILES string of the molecule is CCC(=O)Nc1cccc(N2CCc3ccc(Oc4ccc(C(F)(F)F)cc4F)cc3C2=O)n1. The minimum Gasteiger partial charge on any atom is -0.454 e. The largest absolute Gasteiger partial charge is 0.454 e. The van der Waals surface area contributed by atoms with Gasteiger partial charge in [-0.2, -0.15) is 13.2 Å². The van der Waals surface area contributed by atoms with Crippen molar-refractivity contribution in [2.75, 3.05) is 16.8 Å². The van der Waals surface area contributed by atoms with Gasteiger partial charge < -0.3 is 10.1 Å². The van der Waals surface area contributed by atoms with Crippen LogP contribution in [0.4, 0.5) is 29.2 Å². The van der Waals surface area contributed by atoms with Crippen molar-refractivity contribution in [1.29, 1.82) is 0 Å². The number of benzene rings is 2. The lowest BCUT2D eigenvalue weighted by molar-refractivity contribution is -0.137. The highest BCUT2D eigenvalue weighted by molar-refractivity contribution is 6.08. The van der Waals surface area contributed by atoms with E-state index < -0.39 is 23.3 Å². The number of halogens is 4. The lowest BCUT2D eigenvalue weighted by Gasteiger charge is -2.28. The zero-order valence-corrected chi connectivity index (χ0v) is 17.9. The summed E-state index contributed by atoms with van der Waals surface area (Å²) in [7, 11) is 0. The number of fused-ring (bicyclic) bond motifs is 1. The average molecular weight is 473 g/mol. The van der Waals surface area contributed by atoms with Crippen molar-refractivity contribution in [3.63, 3.8) is 0 Å². The predicted molar refractivity (Wildman–Crippen MR) is 116 cm³/mol. The van der Waals surface area contributed by atoms with Crippen molar-refractivity contribution in [1.82, 2.24) is 4.98 Å². The van der Waals surface area contributed by atoms with Crippen LogP contribution in [0.3, 0.4) is 0 Å². The first kappa shape index (κ1) is 23.2. The second-order valence-corrected chi connectivity index (χ2v) is 7.55. The Kier molecular flexibility index (Phi) is 6.23. The summed E-state index contributed by atoms with van der Waals surface area (Å²) in [6.07, 6.45) is -3.88. The fraction of sp³-hybridized carbons (Fsp3) is 0.208. The molecule has 176 valence electrons. The Morgan fingerprint density at radius 1 is 1.15 bits per heavy atom. The predicted octanol–water partition coefficient (Wildman–Crippen LogP) is 5.58. The zero-order chi connectivity index (χ0) is 24.5. The van der Waals surface area contributed by atoms with Crippen LogP contribution in [0, 0.1) is 5.82 Å². The first-order chi connectivity index (χ1) is 16.2. The third-order valence-corrected chi connectivity index (χ3v) is 5.25. The number of aromatic nitrogens is 1. The fourth-order valence-electron chi connectivity index (χ4n) is 3.50. The summed E-state index contributed by atoms with van der Waals surface area (Å²) in [5.74, 6) is -1.37. The maximum atomic E-state index is 14.2. The van der Waals surface area contributed by atoms with Crippen LogP contribution in [0.5, 0.6) is 11.5 Å². The van der Waals surface area contributed by atoms with E-state index in [9.17, 15) is 27.2 Å². The van der Waals surface area contributed by atoms with Crippen molar-refractivity contribution in [2.45, 2.75) is 25.9 Å². The molecule has 0 radical (unpaired) electrons. The van der Waals surface area contributed by atoms with Crippen molar-refractivity contribution in [3.05, 3.63) is 77.1 Å². The number of amides is 2. The lowest BCUT2D eigenvalue weighted by atomic mass is 9.98. The van der Waals surface area contributed by atoms with Crippen LogP contribution in [-0.4, -0.2) is 23.3 Å². The first-order valence-electron chi connectivity index (χ1n) is 10.4. The molecule has 0 spiro atoms. The van der Waals surface area contributed by atoms with E-state index in [1.54, 1.807) is 31.2 Å². The van der Waals surface area contributed by atoms with E-state index in [0.717, 1.165) is 17.7 Å². The molecule has 1 aliphatic heterocycles. The van der Waals surface area contributed by atoms with E-state index in [-0.39, 0.29) is 24.0 Å². The van der Waals surface area contributed by atoms with E-state index in [1.165, 1.54) is 17.0 Å². The van der Waals surface area contributed by atoms with Crippen LogP contribution in [0.25, 0.3) is 0 Å². The topological polar surface area (TPSA) is 71.5 Å². The molecule has 10 heteroatoms. The molecule has 0 bridgehead atoms. The fourth-order valence-corrected chi connectivity index (χ4v) is 3.50. The molecule has 6 nitrogen and oxygen atoms in total. The number of pyridine rings is 1. The first-order valence-corrected chi connectivity index (χ1v) is 10.4. The number of ether oxygens (including phenoxy) is 1. The number of carbonyl (C=O) groups is 2. The van der Waals surface area contributed by atoms with Gasteiger partial charge in [-0.1, -0.05) is 19.1 Å². The minimum absolute atomic E-state index is 0.101. The number of nitrogens with one attached hydrogen (secondary N) is 1. The second kappa shape index (κ2) is 9.12. The summed E-state index contributed by atoms with van der Waals surface area (Å²) in [6.45, 7) is 2.07. The summed E-state index contributed by atoms with van der Waals surface area (Å²) in [5, 5.41) is 2.65. The molecule has 34 heavy (non-hydrogen) atoms. The number of anilines is 2. The van der Waals surface area contributed by atoms with Gasteiger partial charge >= 0.3 is 6.18 Å². The highest BCUT2D eigenvalue weighted by Crippen LogP contribution is 2.34. The van der Waals surface area contributed by atoms with Crippen LogP contribution < -0.4 is 15.0 Å². The van der Waals surface area contributed by atoms with E-state index in [0.29, 0.717) is 36.2 Å². The van der Waals surface area contributed by atoms with E-state index in [4.69, 9.17) is 4.74 Å². The van der Waals surface area contributed by atoms with Crippen LogP contribution in [-0.2, 0) is 17.4 Å². The van der Waals surface area contributed by atoms with Gasteiger partial charge in [0.1, 0.15) is 17.4 Å². The number of rotatable bonds is 5. The zero-order valence-electron chi connectivity index (χ0n) is 17.9. The number of alkyl halides is 3. The molecule has 0 atom stereocenters. The van der Waals surface area contributed by atoms with Gasteiger partial charge in [0.25, 0.3) is 5.91 Å². The van der Waals surface area contributed by atoms with Crippen LogP contribution >= 0.6 is 0 Å².